The third-order valence-corrected chi connectivity index (χ3v) is 5.00. The van der Waals surface area contributed by atoms with Gasteiger partial charge in [0, 0.05) is 5.56 Å². The number of aromatic nitrogens is 2. The first-order valence-corrected chi connectivity index (χ1v) is 9.09. The van der Waals surface area contributed by atoms with Crippen LogP contribution in [-0.2, 0) is 16.9 Å². The van der Waals surface area contributed by atoms with Crippen molar-refractivity contribution in [2.24, 2.45) is 0 Å². The Kier molecular flexibility index (Phi) is 4.54. The SMILES string of the molecule is COc1ccc(-c2nnc(CN3C(=O)N[C@](C)(c4ccc(C)cc4)C3=O)o2)cc1. The van der Waals surface area contributed by atoms with Crippen molar-refractivity contribution < 1.29 is 18.7 Å². The summed E-state index contributed by atoms with van der Waals surface area (Å²) in [4.78, 5) is 26.6. The molecule has 1 N–H and O–H groups in total. The number of hydrogen-bond acceptors (Lipinski definition) is 6. The van der Waals surface area contributed by atoms with Gasteiger partial charge in [-0.05, 0) is 43.7 Å². The molecule has 1 atom stereocenters. The average molecular weight is 392 g/mol. The van der Waals surface area contributed by atoms with E-state index in [9.17, 15) is 9.59 Å². The Bertz CT molecular complexity index is 1060. The minimum Gasteiger partial charge on any atom is -0.497 e. The molecule has 1 aliphatic heterocycles. The molecule has 0 saturated carbocycles. The van der Waals surface area contributed by atoms with Gasteiger partial charge in [-0.15, -0.1) is 10.2 Å². The van der Waals surface area contributed by atoms with Gasteiger partial charge in [-0.25, -0.2) is 4.79 Å². The summed E-state index contributed by atoms with van der Waals surface area (Å²) >= 11 is 0. The summed E-state index contributed by atoms with van der Waals surface area (Å²) in [5.41, 5.74) is 1.37. The van der Waals surface area contributed by atoms with Crippen molar-refractivity contribution in [3.05, 3.63) is 65.5 Å². The number of imide groups is 1. The van der Waals surface area contributed by atoms with Crippen LogP contribution in [0.25, 0.3) is 11.5 Å². The fourth-order valence-electron chi connectivity index (χ4n) is 3.23. The maximum atomic E-state index is 13.0. The van der Waals surface area contributed by atoms with Crippen LogP contribution in [0.3, 0.4) is 0 Å². The second kappa shape index (κ2) is 7.05. The van der Waals surface area contributed by atoms with Gasteiger partial charge in [0.15, 0.2) is 0 Å². The van der Waals surface area contributed by atoms with Crippen LogP contribution in [0.15, 0.2) is 52.9 Å². The maximum Gasteiger partial charge on any atom is 0.325 e. The summed E-state index contributed by atoms with van der Waals surface area (Å²) < 4.78 is 10.8. The van der Waals surface area contributed by atoms with Crippen molar-refractivity contribution in [1.82, 2.24) is 20.4 Å². The summed E-state index contributed by atoms with van der Waals surface area (Å²) in [6, 6.07) is 14.1. The number of nitrogens with zero attached hydrogens (tertiary/aromatic N) is 3. The molecule has 4 rings (SSSR count). The van der Waals surface area contributed by atoms with Gasteiger partial charge >= 0.3 is 6.03 Å². The largest absolute Gasteiger partial charge is 0.497 e. The minimum absolute atomic E-state index is 0.102. The molecule has 0 aliphatic carbocycles. The number of methoxy groups -OCH3 is 1. The monoisotopic (exact) mass is 392 g/mol. The highest BCUT2D eigenvalue weighted by Crippen LogP contribution is 2.30. The van der Waals surface area contributed by atoms with Crippen LogP contribution in [-0.4, -0.2) is 34.1 Å². The fraction of sp³-hybridized carbons (Fsp3) is 0.238. The van der Waals surface area contributed by atoms with E-state index < -0.39 is 11.6 Å². The first-order valence-electron chi connectivity index (χ1n) is 9.09. The molecule has 8 heteroatoms. The van der Waals surface area contributed by atoms with Crippen LogP contribution in [0.2, 0.25) is 0 Å². The second-order valence-electron chi connectivity index (χ2n) is 7.04. The Morgan fingerprint density at radius 3 is 2.41 bits per heavy atom. The smallest absolute Gasteiger partial charge is 0.325 e. The van der Waals surface area contributed by atoms with Crippen LogP contribution in [0.5, 0.6) is 5.75 Å². The number of hydrogen-bond donors (Lipinski definition) is 1. The summed E-state index contributed by atoms with van der Waals surface area (Å²) in [5, 5.41) is 10.8. The van der Waals surface area contributed by atoms with Crippen LogP contribution >= 0.6 is 0 Å². The van der Waals surface area contributed by atoms with E-state index >= 15 is 0 Å². The summed E-state index contributed by atoms with van der Waals surface area (Å²) in [7, 11) is 1.59. The van der Waals surface area contributed by atoms with Crippen molar-refractivity contribution in [2.45, 2.75) is 25.9 Å². The molecular formula is C21H20N4O4. The first-order chi connectivity index (χ1) is 13.9. The molecule has 0 radical (unpaired) electrons. The lowest BCUT2D eigenvalue weighted by Gasteiger charge is -2.22. The Labute approximate surface area is 167 Å². The molecule has 2 aromatic carbocycles. The Hall–Kier alpha value is -3.68. The molecule has 2 heterocycles. The zero-order chi connectivity index (χ0) is 20.6. The molecular weight excluding hydrogens is 372 g/mol. The Balaban J connectivity index is 1.54. The molecule has 1 fully saturated rings. The number of benzene rings is 2. The number of urea groups is 1. The number of ether oxygens (including phenoxy) is 1. The zero-order valence-corrected chi connectivity index (χ0v) is 16.3. The summed E-state index contributed by atoms with van der Waals surface area (Å²) in [6.45, 7) is 3.55. The van der Waals surface area contributed by atoms with Gasteiger partial charge in [0.05, 0.1) is 7.11 Å². The van der Waals surface area contributed by atoms with Crippen molar-refractivity contribution in [3.63, 3.8) is 0 Å². The first kappa shape index (κ1) is 18.7. The second-order valence-corrected chi connectivity index (χ2v) is 7.04. The molecule has 1 saturated heterocycles. The van der Waals surface area contributed by atoms with Crippen LogP contribution in [0.1, 0.15) is 23.9 Å². The highest BCUT2D eigenvalue weighted by molar-refractivity contribution is 6.07. The van der Waals surface area contributed by atoms with Crippen molar-refractivity contribution in [3.8, 4) is 17.2 Å². The fourth-order valence-corrected chi connectivity index (χ4v) is 3.23. The van der Waals surface area contributed by atoms with Crippen molar-refractivity contribution in [2.75, 3.05) is 7.11 Å². The molecule has 3 aromatic rings. The summed E-state index contributed by atoms with van der Waals surface area (Å²) in [6.07, 6.45) is 0. The third kappa shape index (κ3) is 3.33. The molecule has 1 aromatic heterocycles. The predicted molar refractivity (Wildman–Crippen MR) is 104 cm³/mol. The highest BCUT2D eigenvalue weighted by Gasteiger charge is 2.49. The maximum absolute atomic E-state index is 13.0. The van der Waals surface area contributed by atoms with E-state index in [0.717, 1.165) is 10.5 Å². The standard InChI is InChI=1S/C21H20N4O4/c1-13-4-8-15(9-5-13)21(2)19(26)25(20(27)22-21)12-17-23-24-18(29-17)14-6-10-16(28-3)11-7-14/h4-11H,12H2,1-3H3,(H,22,27)/t21-/m1/s1. The zero-order valence-electron chi connectivity index (χ0n) is 16.3. The predicted octanol–water partition coefficient (Wildman–Crippen LogP) is 3.02. The van der Waals surface area contributed by atoms with E-state index in [4.69, 9.17) is 9.15 Å². The topological polar surface area (TPSA) is 97.6 Å². The Morgan fingerprint density at radius 1 is 1.07 bits per heavy atom. The van der Waals surface area contributed by atoms with Crippen LogP contribution in [0, 0.1) is 6.92 Å². The van der Waals surface area contributed by atoms with E-state index in [0.29, 0.717) is 22.8 Å². The van der Waals surface area contributed by atoms with Gasteiger partial charge in [0.1, 0.15) is 17.8 Å². The van der Waals surface area contributed by atoms with Gasteiger partial charge in [-0.1, -0.05) is 29.8 Å². The number of carbonyl (C=O) groups is 2. The lowest BCUT2D eigenvalue weighted by atomic mass is 9.91. The van der Waals surface area contributed by atoms with Crippen LogP contribution in [0.4, 0.5) is 4.79 Å². The van der Waals surface area contributed by atoms with Crippen molar-refractivity contribution in [1.29, 1.82) is 0 Å². The number of rotatable bonds is 5. The van der Waals surface area contributed by atoms with E-state index in [1.807, 2.05) is 31.2 Å². The number of nitrogens with one attached hydrogen (secondary N) is 1. The molecule has 0 bridgehead atoms. The van der Waals surface area contributed by atoms with Crippen LogP contribution < -0.4 is 10.1 Å². The minimum atomic E-state index is -1.14. The molecule has 0 spiro atoms. The average Bonchev–Trinajstić information content (AvgIpc) is 3.28. The number of aryl methyl sites for hydroxylation is 1. The molecule has 29 heavy (non-hydrogen) atoms. The number of carbonyl (C=O) groups excluding carboxylic acids is 2. The lowest BCUT2D eigenvalue weighted by molar-refractivity contribution is -0.131. The quantitative estimate of drug-likeness (QED) is 0.671. The summed E-state index contributed by atoms with van der Waals surface area (Å²) in [5.74, 6) is 0.822. The molecule has 1 aliphatic rings. The van der Waals surface area contributed by atoms with Gasteiger partial charge in [-0.3, -0.25) is 9.69 Å². The van der Waals surface area contributed by atoms with E-state index in [1.165, 1.54) is 0 Å². The molecule has 3 amide bonds. The lowest BCUT2D eigenvalue weighted by Crippen LogP contribution is -2.40. The van der Waals surface area contributed by atoms with Gasteiger partial charge in [0.25, 0.3) is 5.91 Å². The molecule has 8 nitrogen and oxygen atoms in total. The normalized spacial score (nSPS) is 18.8. The third-order valence-electron chi connectivity index (χ3n) is 5.00. The Morgan fingerprint density at radius 2 is 1.76 bits per heavy atom. The number of amides is 3. The molecule has 148 valence electrons. The van der Waals surface area contributed by atoms with E-state index in [1.54, 1.807) is 38.3 Å². The van der Waals surface area contributed by atoms with E-state index in [2.05, 4.69) is 15.5 Å². The highest BCUT2D eigenvalue weighted by atomic mass is 16.5. The van der Waals surface area contributed by atoms with E-state index in [-0.39, 0.29) is 18.3 Å². The van der Waals surface area contributed by atoms with Gasteiger partial charge in [-0.2, -0.15) is 0 Å². The van der Waals surface area contributed by atoms with Crippen molar-refractivity contribution >= 4 is 11.9 Å². The van der Waals surface area contributed by atoms with Gasteiger partial charge < -0.3 is 14.5 Å². The molecule has 0 unspecified atom stereocenters. The van der Waals surface area contributed by atoms with Gasteiger partial charge in [0.2, 0.25) is 11.8 Å².